The zero-order valence-corrected chi connectivity index (χ0v) is 22.7. The predicted molar refractivity (Wildman–Crippen MR) is 134 cm³/mol. The lowest BCUT2D eigenvalue weighted by Crippen LogP contribution is -2.71. The number of ketones is 1. The molecule has 4 bridgehead atoms. The van der Waals surface area contributed by atoms with Crippen molar-refractivity contribution in [3.05, 3.63) is 23.4 Å². The topological polar surface area (TPSA) is 106 Å². The Balaban J connectivity index is 1.39. The Hall–Kier alpha value is -1.74. The summed E-state index contributed by atoms with van der Waals surface area (Å²) in [7, 11) is 0. The second-order valence-electron chi connectivity index (χ2n) is 14.3. The summed E-state index contributed by atoms with van der Waals surface area (Å²) in [5.74, 6) is -2.67. The summed E-state index contributed by atoms with van der Waals surface area (Å²) >= 11 is 0. The van der Waals surface area contributed by atoms with E-state index in [0.29, 0.717) is 13.2 Å². The highest BCUT2D eigenvalue weighted by atomic mass is 16.6. The number of carbonyl (C=O) groups excluding carboxylic acids is 2. The van der Waals surface area contributed by atoms with E-state index in [-0.39, 0.29) is 54.6 Å². The molecule has 8 rings (SSSR count). The highest BCUT2D eigenvalue weighted by Gasteiger charge is 2.81. The maximum absolute atomic E-state index is 13.5. The molecule has 2 spiro atoms. The molecular weight excluding hydrogens is 486 g/mol. The van der Waals surface area contributed by atoms with Gasteiger partial charge in [0.05, 0.1) is 25.7 Å². The van der Waals surface area contributed by atoms with E-state index in [1.807, 2.05) is 13.8 Å². The number of aliphatic hydroxyl groups is 2. The van der Waals surface area contributed by atoms with Crippen LogP contribution < -0.4 is 0 Å². The summed E-state index contributed by atoms with van der Waals surface area (Å²) in [6.45, 7) is 9.51. The monoisotopic (exact) mass is 525 g/mol. The molecule has 0 aromatic heterocycles. The van der Waals surface area contributed by atoms with Crippen LogP contribution in [0.4, 0.5) is 0 Å². The van der Waals surface area contributed by atoms with Crippen LogP contribution >= 0.6 is 0 Å². The molecule has 1 saturated carbocycles. The van der Waals surface area contributed by atoms with Crippen LogP contribution in [-0.4, -0.2) is 70.3 Å². The van der Waals surface area contributed by atoms with Gasteiger partial charge in [-0.15, -0.1) is 0 Å². The van der Waals surface area contributed by atoms with Crippen molar-refractivity contribution in [1.29, 1.82) is 0 Å². The van der Waals surface area contributed by atoms with Crippen molar-refractivity contribution in [3.63, 3.8) is 0 Å². The van der Waals surface area contributed by atoms with Gasteiger partial charge >= 0.3 is 5.97 Å². The maximum Gasteiger partial charge on any atom is 0.306 e. The van der Waals surface area contributed by atoms with Crippen LogP contribution in [0.5, 0.6) is 0 Å². The molecule has 0 radical (unpaired) electrons. The largest absolute Gasteiger partial charge is 0.465 e. The van der Waals surface area contributed by atoms with Crippen molar-refractivity contribution in [1.82, 2.24) is 4.90 Å². The molecule has 0 aromatic rings. The number of cyclic esters (lactones) is 1. The van der Waals surface area contributed by atoms with Crippen LogP contribution in [0, 0.1) is 45.8 Å². The van der Waals surface area contributed by atoms with Crippen LogP contribution in [0.1, 0.15) is 59.8 Å². The van der Waals surface area contributed by atoms with Gasteiger partial charge in [-0.2, -0.15) is 0 Å². The van der Waals surface area contributed by atoms with Crippen molar-refractivity contribution >= 4 is 11.8 Å². The number of aliphatic hydroxyl groups excluding tert-OH is 1. The Morgan fingerprint density at radius 1 is 1.16 bits per heavy atom. The Labute approximate surface area is 223 Å². The first-order chi connectivity index (χ1) is 17.9. The first-order valence-corrected chi connectivity index (χ1v) is 14.5. The summed E-state index contributed by atoms with van der Waals surface area (Å²) < 4.78 is 18.9. The first-order valence-electron chi connectivity index (χ1n) is 14.5. The minimum atomic E-state index is -1.52. The maximum atomic E-state index is 13.5. The third-order valence-corrected chi connectivity index (χ3v) is 12.8. The molecule has 2 N–H and O–H groups in total. The quantitative estimate of drug-likeness (QED) is 0.465. The molecule has 6 fully saturated rings. The lowest BCUT2D eigenvalue weighted by Gasteiger charge is -2.68. The molecule has 3 aliphatic carbocycles. The first kappa shape index (κ1) is 24.1. The van der Waals surface area contributed by atoms with Gasteiger partial charge in [0, 0.05) is 52.7 Å². The number of ether oxygens (including phenoxy) is 3. The molecule has 5 heterocycles. The molecular formula is C30H39NO7. The normalized spacial score (nSPS) is 58.1. The summed E-state index contributed by atoms with van der Waals surface area (Å²) in [5.41, 5.74) is -0.00357. The second-order valence-corrected chi connectivity index (χ2v) is 14.3. The molecule has 206 valence electrons. The second kappa shape index (κ2) is 6.93. The van der Waals surface area contributed by atoms with E-state index in [9.17, 15) is 19.8 Å². The van der Waals surface area contributed by atoms with Crippen molar-refractivity contribution in [2.24, 2.45) is 45.8 Å². The lowest BCUT2D eigenvalue weighted by atomic mass is 9.37. The smallest absolute Gasteiger partial charge is 0.306 e. The predicted octanol–water partition coefficient (Wildman–Crippen LogP) is 2.54. The van der Waals surface area contributed by atoms with E-state index in [1.165, 1.54) is 0 Å². The van der Waals surface area contributed by atoms with Gasteiger partial charge in [0.15, 0.2) is 11.6 Å². The molecule has 0 unspecified atom stereocenters. The third kappa shape index (κ3) is 2.42. The molecule has 12 atom stereocenters. The highest BCUT2D eigenvalue weighted by molar-refractivity contribution is 5.94. The molecule has 5 saturated heterocycles. The molecule has 8 heteroatoms. The number of allylic oxidation sites excluding steroid dienone is 3. The highest BCUT2D eigenvalue weighted by Crippen LogP contribution is 2.78. The van der Waals surface area contributed by atoms with E-state index in [2.05, 4.69) is 24.8 Å². The number of hydrogen-bond donors (Lipinski definition) is 2. The van der Waals surface area contributed by atoms with Gasteiger partial charge in [-0.05, 0) is 44.1 Å². The van der Waals surface area contributed by atoms with E-state index in [0.717, 1.165) is 37.0 Å². The van der Waals surface area contributed by atoms with Gasteiger partial charge in [0.1, 0.15) is 11.8 Å². The van der Waals surface area contributed by atoms with E-state index in [4.69, 9.17) is 14.2 Å². The zero-order chi connectivity index (χ0) is 26.6. The number of rotatable bonds is 0. The van der Waals surface area contributed by atoms with Crippen LogP contribution in [0.3, 0.4) is 0 Å². The van der Waals surface area contributed by atoms with Crippen LogP contribution in [0.15, 0.2) is 23.4 Å². The van der Waals surface area contributed by atoms with Crippen molar-refractivity contribution < 1.29 is 34.0 Å². The Morgan fingerprint density at radius 2 is 1.95 bits per heavy atom. The number of fused-ring (bicyclic) bond motifs is 5. The minimum absolute atomic E-state index is 0.0299. The van der Waals surface area contributed by atoms with Crippen molar-refractivity contribution in [2.45, 2.75) is 83.5 Å². The van der Waals surface area contributed by atoms with Crippen molar-refractivity contribution in [2.75, 3.05) is 19.8 Å². The van der Waals surface area contributed by atoms with E-state index in [1.54, 1.807) is 6.08 Å². The van der Waals surface area contributed by atoms with Gasteiger partial charge in [0.25, 0.3) is 0 Å². The molecule has 5 aliphatic heterocycles. The summed E-state index contributed by atoms with van der Waals surface area (Å²) in [4.78, 5) is 28.9. The fourth-order valence-electron chi connectivity index (χ4n) is 11.1. The van der Waals surface area contributed by atoms with Gasteiger partial charge in [-0.3, -0.25) is 9.59 Å². The Bertz CT molecular complexity index is 1230. The lowest BCUT2D eigenvalue weighted by molar-refractivity contribution is -0.294. The number of esters is 1. The standard InChI is InChI=1S/C30H39NO7/c1-15-7-18-23(19(32)8-15)17(3)30(35)25-27(18,13-37-30)10-21-26(4,28(25)11-22(33)36-14-28)5-6-29-9-16(2)24(34)20(38-29)12-31(21)29/h8,10,16-18,20,23-25,34-35H,5-7,9,11-14H2,1-4H3/t16-,17-,18-,20+,23+,24-,25+,26-,27-,28-,29+,30-/m1/s1. The Kier molecular flexibility index (Phi) is 4.40. The summed E-state index contributed by atoms with van der Waals surface area (Å²) in [5, 5.41) is 23.4. The molecule has 8 aliphatic rings. The van der Waals surface area contributed by atoms with Crippen LogP contribution in [0.25, 0.3) is 0 Å². The summed E-state index contributed by atoms with van der Waals surface area (Å²) in [6.07, 6.45) is 6.69. The zero-order valence-electron chi connectivity index (χ0n) is 22.7. The molecule has 8 nitrogen and oxygen atoms in total. The average Bonchev–Trinajstić information content (AvgIpc) is 3.49. The molecule has 38 heavy (non-hydrogen) atoms. The Morgan fingerprint density at radius 3 is 2.68 bits per heavy atom. The molecule has 0 amide bonds. The number of piperidine rings is 1. The minimum Gasteiger partial charge on any atom is -0.465 e. The van der Waals surface area contributed by atoms with Gasteiger partial charge < -0.3 is 29.3 Å². The number of nitrogens with zero attached hydrogens (tertiary/aromatic N) is 1. The van der Waals surface area contributed by atoms with Crippen LogP contribution in [0.2, 0.25) is 0 Å². The number of carbonyl (C=O) groups is 2. The molecule has 0 aromatic carbocycles. The van der Waals surface area contributed by atoms with Gasteiger partial charge in [-0.1, -0.05) is 32.4 Å². The van der Waals surface area contributed by atoms with E-state index < -0.39 is 39.8 Å². The fourth-order valence-corrected chi connectivity index (χ4v) is 11.1. The average molecular weight is 526 g/mol. The number of hydrogen-bond acceptors (Lipinski definition) is 8. The summed E-state index contributed by atoms with van der Waals surface area (Å²) in [6, 6.07) is 0. The van der Waals surface area contributed by atoms with Gasteiger partial charge in [0.2, 0.25) is 0 Å². The van der Waals surface area contributed by atoms with E-state index >= 15 is 0 Å². The SMILES string of the molecule is CC1=CC(=O)[C@@H]2[C@@H](C1)[C@]13C=C4N5C[C@@H]6O[C@@]5(CC[C@@]4(C)[C@]4(COC(=O)C4)[C@H]1[C@](O)(OC3)[C@@H]2C)C[C@@H](C)[C@H]6O. The third-order valence-electron chi connectivity index (χ3n) is 12.8. The fraction of sp³-hybridized carbons (Fsp3) is 0.800. The van der Waals surface area contributed by atoms with Crippen molar-refractivity contribution in [3.8, 4) is 0 Å². The van der Waals surface area contributed by atoms with Gasteiger partial charge in [-0.25, -0.2) is 0 Å². The van der Waals surface area contributed by atoms with Crippen LogP contribution in [-0.2, 0) is 23.8 Å².